The van der Waals surface area contributed by atoms with E-state index in [9.17, 15) is 0 Å². The maximum atomic E-state index is 6.22. The number of benzene rings is 1. The number of rotatable bonds is 5. The fourth-order valence-corrected chi connectivity index (χ4v) is 2.96. The molecule has 0 radical (unpaired) electrons. The molecule has 3 heteroatoms. The standard InChI is InChI=1S/C17H27NO2/c1-4-13-5-7-14(8-6-13)20-17-11-15(19-3)9-10-16(17)12(2)18/h9-14H,4-8,18H2,1-3H3. The molecule has 1 fully saturated rings. The Kier molecular flexibility index (Phi) is 5.30. The number of nitrogens with two attached hydrogens (primary N) is 1. The summed E-state index contributed by atoms with van der Waals surface area (Å²) in [6.07, 6.45) is 6.46. The van der Waals surface area contributed by atoms with Gasteiger partial charge in [-0.25, -0.2) is 0 Å². The van der Waals surface area contributed by atoms with Crippen LogP contribution in [0.15, 0.2) is 18.2 Å². The van der Waals surface area contributed by atoms with Crippen molar-refractivity contribution in [3.8, 4) is 11.5 Å². The van der Waals surface area contributed by atoms with E-state index in [1.54, 1.807) is 7.11 Å². The van der Waals surface area contributed by atoms with E-state index in [1.165, 1.54) is 19.3 Å². The maximum Gasteiger partial charge on any atom is 0.128 e. The van der Waals surface area contributed by atoms with Gasteiger partial charge in [0.05, 0.1) is 13.2 Å². The number of hydrogen-bond donors (Lipinski definition) is 1. The summed E-state index contributed by atoms with van der Waals surface area (Å²) < 4.78 is 11.5. The lowest BCUT2D eigenvalue weighted by Crippen LogP contribution is -2.24. The zero-order chi connectivity index (χ0) is 14.5. The maximum absolute atomic E-state index is 6.22. The molecular weight excluding hydrogens is 250 g/mol. The van der Waals surface area contributed by atoms with Crippen molar-refractivity contribution in [2.24, 2.45) is 11.7 Å². The van der Waals surface area contributed by atoms with E-state index in [4.69, 9.17) is 15.2 Å². The van der Waals surface area contributed by atoms with Gasteiger partial charge in [-0.2, -0.15) is 0 Å². The van der Waals surface area contributed by atoms with Crippen LogP contribution in [-0.2, 0) is 0 Å². The van der Waals surface area contributed by atoms with Crippen molar-refractivity contribution in [2.45, 2.75) is 58.1 Å². The highest BCUT2D eigenvalue weighted by Gasteiger charge is 2.22. The smallest absolute Gasteiger partial charge is 0.128 e. The molecule has 1 aromatic rings. The zero-order valence-electron chi connectivity index (χ0n) is 12.9. The predicted octanol–water partition coefficient (Wildman–Crippen LogP) is 4.06. The third-order valence-electron chi connectivity index (χ3n) is 4.38. The normalized spacial score (nSPS) is 24.2. The third-order valence-corrected chi connectivity index (χ3v) is 4.38. The van der Waals surface area contributed by atoms with Crippen LogP contribution in [0.1, 0.15) is 57.6 Å². The summed E-state index contributed by atoms with van der Waals surface area (Å²) in [5, 5.41) is 0. The minimum absolute atomic E-state index is 0.0251. The average molecular weight is 277 g/mol. The van der Waals surface area contributed by atoms with Gasteiger partial charge in [0, 0.05) is 17.7 Å². The topological polar surface area (TPSA) is 44.5 Å². The van der Waals surface area contributed by atoms with Crippen LogP contribution in [0.2, 0.25) is 0 Å². The van der Waals surface area contributed by atoms with Crippen LogP contribution in [0.25, 0.3) is 0 Å². The fraction of sp³-hybridized carbons (Fsp3) is 0.647. The minimum Gasteiger partial charge on any atom is -0.497 e. The number of methoxy groups -OCH3 is 1. The van der Waals surface area contributed by atoms with Crippen LogP contribution in [0, 0.1) is 5.92 Å². The summed E-state index contributed by atoms with van der Waals surface area (Å²) in [5.74, 6) is 2.60. The Morgan fingerprint density at radius 3 is 2.50 bits per heavy atom. The molecule has 0 bridgehead atoms. The van der Waals surface area contributed by atoms with Gasteiger partial charge in [-0.3, -0.25) is 0 Å². The Morgan fingerprint density at radius 2 is 1.95 bits per heavy atom. The molecule has 0 aliphatic heterocycles. The molecule has 2 rings (SSSR count). The van der Waals surface area contributed by atoms with E-state index in [-0.39, 0.29) is 6.04 Å². The van der Waals surface area contributed by atoms with Crippen molar-refractivity contribution in [3.63, 3.8) is 0 Å². The van der Waals surface area contributed by atoms with E-state index >= 15 is 0 Å². The Morgan fingerprint density at radius 1 is 1.25 bits per heavy atom. The average Bonchev–Trinajstić information content (AvgIpc) is 2.47. The Balaban J connectivity index is 2.07. The van der Waals surface area contributed by atoms with Gasteiger partial charge in [0.2, 0.25) is 0 Å². The van der Waals surface area contributed by atoms with Gasteiger partial charge in [-0.05, 0) is 44.6 Å². The van der Waals surface area contributed by atoms with E-state index in [1.807, 2.05) is 25.1 Å². The molecule has 1 aromatic carbocycles. The van der Waals surface area contributed by atoms with Gasteiger partial charge in [0.15, 0.2) is 0 Å². The van der Waals surface area contributed by atoms with Gasteiger partial charge in [0.1, 0.15) is 11.5 Å². The number of ether oxygens (including phenoxy) is 2. The highest BCUT2D eigenvalue weighted by Crippen LogP contribution is 2.33. The zero-order valence-corrected chi connectivity index (χ0v) is 12.9. The SMILES string of the molecule is CCC1CCC(Oc2cc(OC)ccc2C(C)N)CC1. The molecule has 0 saturated heterocycles. The summed E-state index contributed by atoms with van der Waals surface area (Å²) >= 11 is 0. The molecule has 1 aliphatic carbocycles. The molecule has 1 atom stereocenters. The molecule has 0 spiro atoms. The molecule has 0 heterocycles. The van der Waals surface area contributed by atoms with Gasteiger partial charge in [0.25, 0.3) is 0 Å². The molecule has 1 unspecified atom stereocenters. The first-order chi connectivity index (χ1) is 9.63. The van der Waals surface area contributed by atoms with Gasteiger partial charge < -0.3 is 15.2 Å². The lowest BCUT2D eigenvalue weighted by atomic mass is 9.86. The second-order valence-corrected chi connectivity index (χ2v) is 5.86. The highest BCUT2D eigenvalue weighted by atomic mass is 16.5. The first-order valence-electron chi connectivity index (χ1n) is 7.74. The van der Waals surface area contributed by atoms with E-state index in [2.05, 4.69) is 6.92 Å². The molecular formula is C17H27NO2. The molecule has 1 aliphatic rings. The third kappa shape index (κ3) is 3.66. The van der Waals surface area contributed by atoms with Crippen molar-refractivity contribution >= 4 is 0 Å². The molecule has 20 heavy (non-hydrogen) atoms. The number of hydrogen-bond acceptors (Lipinski definition) is 3. The van der Waals surface area contributed by atoms with Crippen LogP contribution in [0.3, 0.4) is 0 Å². The Labute approximate surface area is 122 Å². The molecule has 3 nitrogen and oxygen atoms in total. The Hall–Kier alpha value is -1.22. The summed E-state index contributed by atoms with van der Waals surface area (Å²) in [4.78, 5) is 0. The second-order valence-electron chi connectivity index (χ2n) is 5.86. The summed E-state index contributed by atoms with van der Waals surface area (Å²) in [6.45, 7) is 4.27. The molecule has 2 N–H and O–H groups in total. The second kappa shape index (κ2) is 6.98. The van der Waals surface area contributed by atoms with Crippen LogP contribution < -0.4 is 15.2 Å². The van der Waals surface area contributed by atoms with Crippen molar-refractivity contribution < 1.29 is 9.47 Å². The van der Waals surface area contributed by atoms with E-state index in [0.717, 1.165) is 35.8 Å². The lowest BCUT2D eigenvalue weighted by molar-refractivity contribution is 0.128. The van der Waals surface area contributed by atoms with Gasteiger partial charge >= 0.3 is 0 Å². The Bertz CT molecular complexity index is 423. The van der Waals surface area contributed by atoms with Gasteiger partial charge in [-0.1, -0.05) is 19.4 Å². The summed E-state index contributed by atoms with van der Waals surface area (Å²) in [6, 6.07) is 5.89. The molecule has 1 saturated carbocycles. The molecule has 0 amide bonds. The largest absolute Gasteiger partial charge is 0.497 e. The van der Waals surface area contributed by atoms with E-state index in [0.29, 0.717) is 6.10 Å². The monoisotopic (exact) mass is 277 g/mol. The van der Waals surface area contributed by atoms with Crippen molar-refractivity contribution in [1.29, 1.82) is 0 Å². The molecule has 0 aromatic heterocycles. The first-order valence-corrected chi connectivity index (χ1v) is 7.74. The van der Waals surface area contributed by atoms with Crippen LogP contribution in [0.4, 0.5) is 0 Å². The highest BCUT2D eigenvalue weighted by molar-refractivity contribution is 5.42. The van der Waals surface area contributed by atoms with Crippen LogP contribution >= 0.6 is 0 Å². The minimum atomic E-state index is -0.0251. The lowest BCUT2D eigenvalue weighted by Gasteiger charge is -2.29. The first kappa shape index (κ1) is 15.2. The van der Waals surface area contributed by atoms with Crippen LogP contribution in [-0.4, -0.2) is 13.2 Å². The van der Waals surface area contributed by atoms with Crippen molar-refractivity contribution in [3.05, 3.63) is 23.8 Å². The summed E-state index contributed by atoms with van der Waals surface area (Å²) in [5.41, 5.74) is 7.09. The van der Waals surface area contributed by atoms with Crippen LogP contribution in [0.5, 0.6) is 11.5 Å². The van der Waals surface area contributed by atoms with Gasteiger partial charge in [-0.15, -0.1) is 0 Å². The van der Waals surface area contributed by atoms with Crippen molar-refractivity contribution in [2.75, 3.05) is 7.11 Å². The summed E-state index contributed by atoms with van der Waals surface area (Å²) in [7, 11) is 1.68. The quantitative estimate of drug-likeness (QED) is 0.882. The predicted molar refractivity (Wildman–Crippen MR) is 82.3 cm³/mol. The van der Waals surface area contributed by atoms with E-state index < -0.39 is 0 Å². The fourth-order valence-electron chi connectivity index (χ4n) is 2.96. The molecule has 112 valence electrons. The van der Waals surface area contributed by atoms with Crippen molar-refractivity contribution in [1.82, 2.24) is 0 Å².